The van der Waals surface area contributed by atoms with Gasteiger partial charge in [0.1, 0.15) is 0 Å². The molecule has 0 unspecified atom stereocenters. The van der Waals surface area contributed by atoms with E-state index in [0.29, 0.717) is 12.6 Å². The minimum Gasteiger partial charge on any atom is -0.342 e. The van der Waals surface area contributed by atoms with Crippen molar-refractivity contribution >= 4 is 5.91 Å². The highest BCUT2D eigenvalue weighted by atomic mass is 16.2. The van der Waals surface area contributed by atoms with Gasteiger partial charge in [0.2, 0.25) is 5.91 Å². The maximum Gasteiger partial charge on any atom is 0.236 e. The number of hydrogen-bond acceptors (Lipinski definition) is 3. The first-order valence-corrected chi connectivity index (χ1v) is 6.99. The zero-order valence-corrected chi connectivity index (χ0v) is 11.3. The van der Waals surface area contributed by atoms with Crippen molar-refractivity contribution in [2.45, 2.75) is 45.6 Å². The maximum atomic E-state index is 12.0. The van der Waals surface area contributed by atoms with Crippen LogP contribution in [0.5, 0.6) is 0 Å². The van der Waals surface area contributed by atoms with Crippen LogP contribution in [0, 0.1) is 0 Å². The first-order chi connectivity index (χ1) is 8.27. The predicted molar refractivity (Wildman–Crippen MR) is 71.1 cm³/mol. The van der Waals surface area contributed by atoms with Crippen molar-refractivity contribution in [3.8, 4) is 0 Å². The lowest BCUT2D eigenvalue weighted by Crippen LogP contribution is -2.45. The third kappa shape index (κ3) is 5.50. The van der Waals surface area contributed by atoms with Crippen molar-refractivity contribution < 1.29 is 4.79 Å². The van der Waals surface area contributed by atoms with Gasteiger partial charge in [-0.1, -0.05) is 13.8 Å². The van der Waals surface area contributed by atoms with Crippen LogP contribution in [0.15, 0.2) is 0 Å². The highest BCUT2D eigenvalue weighted by molar-refractivity contribution is 5.78. The van der Waals surface area contributed by atoms with Crippen LogP contribution in [-0.4, -0.2) is 49.6 Å². The Bertz CT molecular complexity index is 209. The van der Waals surface area contributed by atoms with Crippen LogP contribution in [-0.2, 0) is 4.79 Å². The standard InChI is InChI=1S/C13H27N3O/c1-3-9-16(10-4-2)13(17)11-15-12-5-7-14-8-6-12/h12,14-15H,3-11H2,1-2H3. The van der Waals surface area contributed by atoms with Gasteiger partial charge in [-0.2, -0.15) is 0 Å². The Hall–Kier alpha value is -0.610. The monoisotopic (exact) mass is 241 g/mol. The molecule has 1 saturated heterocycles. The van der Waals surface area contributed by atoms with Gasteiger partial charge in [-0.05, 0) is 38.8 Å². The zero-order valence-electron chi connectivity index (χ0n) is 11.3. The van der Waals surface area contributed by atoms with E-state index in [2.05, 4.69) is 24.5 Å². The molecule has 0 aromatic heterocycles. The second-order valence-electron chi connectivity index (χ2n) is 4.79. The molecule has 0 radical (unpaired) electrons. The Balaban J connectivity index is 2.25. The van der Waals surface area contributed by atoms with Gasteiger partial charge in [0, 0.05) is 19.1 Å². The number of nitrogens with zero attached hydrogens (tertiary/aromatic N) is 1. The summed E-state index contributed by atoms with van der Waals surface area (Å²) in [7, 11) is 0. The maximum absolute atomic E-state index is 12.0. The van der Waals surface area contributed by atoms with Crippen LogP contribution < -0.4 is 10.6 Å². The van der Waals surface area contributed by atoms with Gasteiger partial charge in [0.05, 0.1) is 6.54 Å². The molecule has 1 fully saturated rings. The largest absolute Gasteiger partial charge is 0.342 e. The average molecular weight is 241 g/mol. The molecule has 100 valence electrons. The van der Waals surface area contributed by atoms with Crippen LogP contribution in [0.4, 0.5) is 0 Å². The molecule has 4 nitrogen and oxygen atoms in total. The summed E-state index contributed by atoms with van der Waals surface area (Å²) in [5.41, 5.74) is 0. The van der Waals surface area contributed by atoms with Gasteiger partial charge in [-0.15, -0.1) is 0 Å². The summed E-state index contributed by atoms with van der Waals surface area (Å²) in [4.78, 5) is 14.0. The van der Waals surface area contributed by atoms with E-state index in [1.54, 1.807) is 0 Å². The molecule has 1 amide bonds. The SMILES string of the molecule is CCCN(CCC)C(=O)CNC1CCNCC1. The summed E-state index contributed by atoms with van der Waals surface area (Å²) in [6, 6.07) is 0.519. The van der Waals surface area contributed by atoms with Gasteiger partial charge in [-0.3, -0.25) is 4.79 Å². The van der Waals surface area contributed by atoms with Crippen LogP contribution in [0.3, 0.4) is 0 Å². The molecule has 2 N–H and O–H groups in total. The molecule has 0 saturated carbocycles. The van der Waals surface area contributed by atoms with E-state index in [1.165, 1.54) is 0 Å². The van der Waals surface area contributed by atoms with Gasteiger partial charge < -0.3 is 15.5 Å². The predicted octanol–water partition coefficient (Wildman–Crippen LogP) is 0.977. The molecule has 0 bridgehead atoms. The summed E-state index contributed by atoms with van der Waals surface area (Å²) in [6.45, 7) is 8.66. The van der Waals surface area contributed by atoms with E-state index in [9.17, 15) is 4.79 Å². The molecule has 0 aliphatic carbocycles. The van der Waals surface area contributed by atoms with Crippen LogP contribution >= 0.6 is 0 Å². The average Bonchev–Trinajstić information content (AvgIpc) is 2.37. The topological polar surface area (TPSA) is 44.4 Å². The quantitative estimate of drug-likeness (QED) is 0.698. The van der Waals surface area contributed by atoms with Crippen molar-refractivity contribution in [1.29, 1.82) is 0 Å². The molecule has 0 spiro atoms. The molecule has 0 atom stereocenters. The molecule has 0 aromatic carbocycles. The van der Waals surface area contributed by atoms with Gasteiger partial charge in [0.25, 0.3) is 0 Å². The van der Waals surface area contributed by atoms with E-state index in [0.717, 1.165) is 51.9 Å². The van der Waals surface area contributed by atoms with Crippen molar-refractivity contribution in [2.24, 2.45) is 0 Å². The number of hydrogen-bond donors (Lipinski definition) is 2. The van der Waals surface area contributed by atoms with E-state index in [1.807, 2.05) is 4.90 Å². The number of carbonyl (C=O) groups is 1. The number of carbonyl (C=O) groups excluding carboxylic acids is 1. The summed E-state index contributed by atoms with van der Waals surface area (Å²) >= 11 is 0. The lowest BCUT2D eigenvalue weighted by molar-refractivity contribution is -0.130. The van der Waals surface area contributed by atoms with E-state index in [-0.39, 0.29) is 5.91 Å². The molecule has 1 rings (SSSR count). The van der Waals surface area contributed by atoms with Crippen molar-refractivity contribution in [2.75, 3.05) is 32.7 Å². The zero-order chi connectivity index (χ0) is 12.5. The summed E-state index contributed by atoms with van der Waals surface area (Å²) in [5.74, 6) is 0.257. The van der Waals surface area contributed by atoms with E-state index < -0.39 is 0 Å². The van der Waals surface area contributed by atoms with Crippen molar-refractivity contribution in [3.63, 3.8) is 0 Å². The second kappa shape index (κ2) is 8.48. The number of piperidine rings is 1. The minimum atomic E-state index is 0.257. The highest BCUT2D eigenvalue weighted by Gasteiger charge is 2.16. The van der Waals surface area contributed by atoms with E-state index in [4.69, 9.17) is 0 Å². The third-order valence-corrected chi connectivity index (χ3v) is 3.22. The second-order valence-corrected chi connectivity index (χ2v) is 4.79. The normalized spacial score (nSPS) is 17.1. The molecule has 1 heterocycles. The van der Waals surface area contributed by atoms with Gasteiger partial charge in [0.15, 0.2) is 0 Å². The fourth-order valence-electron chi connectivity index (χ4n) is 2.27. The van der Waals surface area contributed by atoms with Crippen LogP contribution in [0.2, 0.25) is 0 Å². The van der Waals surface area contributed by atoms with Crippen molar-refractivity contribution in [3.05, 3.63) is 0 Å². The van der Waals surface area contributed by atoms with Crippen molar-refractivity contribution in [1.82, 2.24) is 15.5 Å². The first kappa shape index (κ1) is 14.5. The molecule has 1 aliphatic rings. The summed E-state index contributed by atoms with van der Waals surface area (Å²) in [6.07, 6.45) is 4.35. The fourth-order valence-corrected chi connectivity index (χ4v) is 2.27. The Kier molecular flexibility index (Phi) is 7.21. The lowest BCUT2D eigenvalue weighted by atomic mass is 10.1. The Morgan fingerprint density at radius 2 is 1.82 bits per heavy atom. The smallest absolute Gasteiger partial charge is 0.236 e. The molecule has 4 heteroatoms. The third-order valence-electron chi connectivity index (χ3n) is 3.22. The Morgan fingerprint density at radius 3 is 2.35 bits per heavy atom. The van der Waals surface area contributed by atoms with Gasteiger partial charge in [-0.25, -0.2) is 0 Å². The fraction of sp³-hybridized carbons (Fsp3) is 0.923. The molecular weight excluding hydrogens is 214 g/mol. The van der Waals surface area contributed by atoms with Crippen LogP contribution in [0.1, 0.15) is 39.5 Å². The summed E-state index contributed by atoms with van der Waals surface area (Å²) in [5, 5.41) is 6.72. The number of amides is 1. The Labute approximate surface area is 105 Å². The first-order valence-electron chi connectivity index (χ1n) is 6.99. The molecule has 17 heavy (non-hydrogen) atoms. The molecule has 0 aromatic rings. The lowest BCUT2D eigenvalue weighted by Gasteiger charge is -2.26. The van der Waals surface area contributed by atoms with Crippen LogP contribution in [0.25, 0.3) is 0 Å². The minimum absolute atomic E-state index is 0.257. The molecule has 1 aliphatic heterocycles. The summed E-state index contributed by atoms with van der Waals surface area (Å²) < 4.78 is 0. The highest BCUT2D eigenvalue weighted by Crippen LogP contribution is 2.02. The number of nitrogens with one attached hydrogen (secondary N) is 2. The van der Waals surface area contributed by atoms with Gasteiger partial charge >= 0.3 is 0 Å². The molecular formula is C13H27N3O. The Morgan fingerprint density at radius 1 is 1.24 bits per heavy atom. The van der Waals surface area contributed by atoms with E-state index >= 15 is 0 Å². The number of rotatable bonds is 7.